The molecule has 1 saturated heterocycles. The lowest BCUT2D eigenvalue weighted by atomic mass is 10.2. The maximum atomic E-state index is 11.7. The van der Waals surface area contributed by atoms with Crippen molar-refractivity contribution in [1.29, 1.82) is 0 Å². The Morgan fingerprint density at radius 2 is 1.70 bits per heavy atom. The molecular formula is C23H29N3O. The van der Waals surface area contributed by atoms with E-state index in [-0.39, 0.29) is 5.91 Å². The minimum Gasteiger partial charge on any atom is -0.369 e. The predicted molar refractivity (Wildman–Crippen MR) is 114 cm³/mol. The molecule has 0 bridgehead atoms. The molecule has 1 aliphatic rings. The zero-order valence-electron chi connectivity index (χ0n) is 16.1. The Balaban J connectivity index is 1.44. The fraction of sp³-hybridized carbons (Fsp3) is 0.348. The maximum absolute atomic E-state index is 11.7. The zero-order valence-corrected chi connectivity index (χ0v) is 16.1. The van der Waals surface area contributed by atoms with Crippen LogP contribution in [0.5, 0.6) is 0 Å². The van der Waals surface area contributed by atoms with Gasteiger partial charge in [0.15, 0.2) is 0 Å². The molecule has 0 aliphatic carbocycles. The lowest BCUT2D eigenvalue weighted by Gasteiger charge is -2.35. The molecule has 0 unspecified atom stereocenters. The van der Waals surface area contributed by atoms with Crippen LogP contribution in [0.25, 0.3) is 6.08 Å². The summed E-state index contributed by atoms with van der Waals surface area (Å²) in [6, 6.07) is 18.6. The molecule has 1 heterocycles. The van der Waals surface area contributed by atoms with Crippen LogP contribution in [0.4, 0.5) is 11.4 Å². The molecule has 1 amide bonds. The number of hydrogen-bond acceptors (Lipinski definition) is 3. The summed E-state index contributed by atoms with van der Waals surface area (Å²) in [6.07, 6.45) is 5.88. The molecule has 4 heteroatoms. The van der Waals surface area contributed by atoms with E-state index in [1.807, 2.05) is 25.1 Å². The van der Waals surface area contributed by atoms with E-state index in [2.05, 4.69) is 63.7 Å². The van der Waals surface area contributed by atoms with E-state index in [1.54, 1.807) is 0 Å². The molecule has 4 nitrogen and oxygen atoms in total. The lowest BCUT2D eigenvalue weighted by molar-refractivity contribution is -0.116. The van der Waals surface area contributed by atoms with Gasteiger partial charge in [-0.05, 0) is 36.2 Å². The molecule has 0 atom stereocenters. The molecule has 1 N–H and O–H groups in total. The second kappa shape index (κ2) is 9.93. The maximum Gasteiger partial charge on any atom is 0.224 e. The van der Waals surface area contributed by atoms with E-state index in [0.29, 0.717) is 6.42 Å². The molecule has 0 spiro atoms. The lowest BCUT2D eigenvalue weighted by Crippen LogP contribution is -2.46. The van der Waals surface area contributed by atoms with Crippen molar-refractivity contribution in [3.8, 4) is 0 Å². The smallest absolute Gasteiger partial charge is 0.224 e. The van der Waals surface area contributed by atoms with Crippen molar-refractivity contribution < 1.29 is 4.79 Å². The Morgan fingerprint density at radius 3 is 2.37 bits per heavy atom. The van der Waals surface area contributed by atoms with E-state index in [0.717, 1.165) is 44.8 Å². The van der Waals surface area contributed by atoms with Gasteiger partial charge in [0, 0.05) is 50.5 Å². The van der Waals surface area contributed by atoms with E-state index in [9.17, 15) is 4.79 Å². The summed E-state index contributed by atoms with van der Waals surface area (Å²) in [5, 5.41) is 2.94. The third kappa shape index (κ3) is 5.97. The molecule has 1 fully saturated rings. The Bertz CT molecular complexity index is 732. The number of hydrogen-bond donors (Lipinski definition) is 1. The highest BCUT2D eigenvalue weighted by molar-refractivity contribution is 5.90. The number of amides is 1. The number of piperazine rings is 1. The Hall–Kier alpha value is -2.59. The summed E-state index contributed by atoms with van der Waals surface area (Å²) in [6.45, 7) is 7.19. The number of benzene rings is 2. The standard InChI is InChI=1S/C23H29N3O/c1-2-7-23(27)24-21-11-13-22(14-12-21)26-18-16-25(17-19-26)15-6-10-20-8-4-3-5-9-20/h3-6,8-14H,2,7,15-19H2,1H3,(H,24,27)/b10-6+. The van der Waals surface area contributed by atoms with Crippen LogP contribution in [-0.4, -0.2) is 43.5 Å². The van der Waals surface area contributed by atoms with Crippen LogP contribution >= 0.6 is 0 Å². The molecule has 0 radical (unpaired) electrons. The molecule has 0 aromatic heterocycles. The normalized spacial score (nSPS) is 15.2. The average molecular weight is 364 g/mol. The monoisotopic (exact) mass is 363 g/mol. The van der Waals surface area contributed by atoms with Gasteiger partial charge in [-0.2, -0.15) is 0 Å². The number of anilines is 2. The van der Waals surface area contributed by atoms with Crippen molar-refractivity contribution in [2.45, 2.75) is 19.8 Å². The van der Waals surface area contributed by atoms with E-state index in [4.69, 9.17) is 0 Å². The largest absolute Gasteiger partial charge is 0.369 e. The summed E-state index contributed by atoms with van der Waals surface area (Å²) in [5.74, 6) is 0.0856. The van der Waals surface area contributed by atoms with Gasteiger partial charge in [-0.15, -0.1) is 0 Å². The van der Waals surface area contributed by atoms with Crippen molar-refractivity contribution in [3.05, 3.63) is 66.2 Å². The third-order valence-corrected chi connectivity index (χ3v) is 4.84. The van der Waals surface area contributed by atoms with Crippen LogP contribution in [0.15, 0.2) is 60.7 Å². The van der Waals surface area contributed by atoms with Crippen molar-refractivity contribution in [2.24, 2.45) is 0 Å². The number of nitrogens with one attached hydrogen (secondary N) is 1. The minimum atomic E-state index is 0.0856. The van der Waals surface area contributed by atoms with Crippen molar-refractivity contribution in [2.75, 3.05) is 42.9 Å². The zero-order chi connectivity index (χ0) is 18.9. The van der Waals surface area contributed by atoms with Gasteiger partial charge in [-0.1, -0.05) is 49.4 Å². The molecule has 2 aromatic rings. The molecule has 142 valence electrons. The molecule has 0 saturated carbocycles. The van der Waals surface area contributed by atoms with Crippen LogP contribution in [0.3, 0.4) is 0 Å². The quantitative estimate of drug-likeness (QED) is 0.798. The van der Waals surface area contributed by atoms with Gasteiger partial charge in [0.05, 0.1) is 0 Å². The second-order valence-corrected chi connectivity index (χ2v) is 6.95. The fourth-order valence-corrected chi connectivity index (χ4v) is 3.30. The first-order valence-electron chi connectivity index (χ1n) is 9.83. The molecule has 1 aliphatic heterocycles. The Morgan fingerprint density at radius 1 is 1.00 bits per heavy atom. The van der Waals surface area contributed by atoms with Crippen molar-refractivity contribution in [3.63, 3.8) is 0 Å². The van der Waals surface area contributed by atoms with Crippen molar-refractivity contribution >= 4 is 23.4 Å². The summed E-state index contributed by atoms with van der Waals surface area (Å²) in [4.78, 5) is 16.6. The highest BCUT2D eigenvalue weighted by atomic mass is 16.1. The summed E-state index contributed by atoms with van der Waals surface area (Å²) < 4.78 is 0. The van der Waals surface area contributed by atoms with Gasteiger partial charge in [0.1, 0.15) is 0 Å². The SMILES string of the molecule is CCCC(=O)Nc1ccc(N2CCN(C/C=C/c3ccccc3)CC2)cc1. The Kier molecular flexibility index (Phi) is 7.05. The Labute approximate surface area is 162 Å². The first kappa shape index (κ1) is 19.2. The predicted octanol–water partition coefficient (Wildman–Crippen LogP) is 4.26. The molecular weight excluding hydrogens is 334 g/mol. The van der Waals surface area contributed by atoms with Gasteiger partial charge in [0.25, 0.3) is 0 Å². The first-order chi connectivity index (χ1) is 13.2. The number of nitrogens with zero attached hydrogens (tertiary/aromatic N) is 2. The second-order valence-electron chi connectivity index (χ2n) is 6.95. The van der Waals surface area contributed by atoms with Crippen LogP contribution in [0, 0.1) is 0 Å². The number of carbonyl (C=O) groups excluding carboxylic acids is 1. The van der Waals surface area contributed by atoms with Crippen LogP contribution < -0.4 is 10.2 Å². The van der Waals surface area contributed by atoms with Crippen LogP contribution in [0.1, 0.15) is 25.3 Å². The highest BCUT2D eigenvalue weighted by Crippen LogP contribution is 2.20. The number of carbonyl (C=O) groups is 1. The van der Waals surface area contributed by atoms with Gasteiger partial charge >= 0.3 is 0 Å². The van der Waals surface area contributed by atoms with E-state index < -0.39 is 0 Å². The van der Waals surface area contributed by atoms with Gasteiger partial charge in [0.2, 0.25) is 5.91 Å². The summed E-state index contributed by atoms with van der Waals surface area (Å²) in [5.41, 5.74) is 3.35. The van der Waals surface area contributed by atoms with E-state index >= 15 is 0 Å². The topological polar surface area (TPSA) is 35.6 Å². The van der Waals surface area contributed by atoms with Gasteiger partial charge < -0.3 is 10.2 Å². The van der Waals surface area contributed by atoms with Gasteiger partial charge in [-0.25, -0.2) is 0 Å². The molecule has 2 aromatic carbocycles. The van der Waals surface area contributed by atoms with Crippen molar-refractivity contribution in [1.82, 2.24) is 4.90 Å². The van der Waals surface area contributed by atoms with E-state index in [1.165, 1.54) is 11.3 Å². The van der Waals surface area contributed by atoms with Crippen LogP contribution in [0.2, 0.25) is 0 Å². The highest BCUT2D eigenvalue weighted by Gasteiger charge is 2.16. The average Bonchev–Trinajstić information content (AvgIpc) is 2.70. The molecule has 27 heavy (non-hydrogen) atoms. The fourth-order valence-electron chi connectivity index (χ4n) is 3.30. The van der Waals surface area contributed by atoms with Gasteiger partial charge in [-0.3, -0.25) is 9.69 Å². The third-order valence-electron chi connectivity index (χ3n) is 4.84. The summed E-state index contributed by atoms with van der Waals surface area (Å²) >= 11 is 0. The first-order valence-corrected chi connectivity index (χ1v) is 9.83. The summed E-state index contributed by atoms with van der Waals surface area (Å²) in [7, 11) is 0. The van der Waals surface area contributed by atoms with Crippen LogP contribution in [-0.2, 0) is 4.79 Å². The molecule has 3 rings (SSSR count). The minimum absolute atomic E-state index is 0.0856. The number of rotatable bonds is 7.